The number of carbonyl (C=O) groups is 2. The molecule has 1 aliphatic rings. The fraction of sp³-hybridized carbons (Fsp3) is 0.227. The molecule has 1 N–H and O–H groups in total. The summed E-state index contributed by atoms with van der Waals surface area (Å²) in [7, 11) is 0. The predicted molar refractivity (Wildman–Crippen MR) is 119 cm³/mol. The minimum atomic E-state index is -0.879. The molecule has 2 aromatic carbocycles. The molecule has 1 heterocycles. The lowest BCUT2D eigenvalue weighted by atomic mass is 10.1. The van der Waals surface area contributed by atoms with Crippen molar-refractivity contribution in [1.29, 1.82) is 0 Å². The van der Waals surface area contributed by atoms with Crippen molar-refractivity contribution in [2.75, 3.05) is 6.54 Å². The highest BCUT2D eigenvalue weighted by Crippen LogP contribution is 2.33. The topological polar surface area (TPSA) is 66.8 Å². The Morgan fingerprint density at radius 3 is 2.52 bits per heavy atom. The Labute approximate surface area is 179 Å². The summed E-state index contributed by atoms with van der Waals surface area (Å²) in [5.74, 6) is -0.301. The van der Waals surface area contributed by atoms with Gasteiger partial charge in [-0.05, 0) is 42.7 Å². The van der Waals surface area contributed by atoms with Crippen molar-refractivity contribution in [3.63, 3.8) is 0 Å². The Balaban J connectivity index is 1.58. The number of carboxylic acid groups (broad SMARTS) is 1. The van der Waals surface area contributed by atoms with E-state index in [9.17, 15) is 9.59 Å². The molecule has 3 rings (SSSR count). The van der Waals surface area contributed by atoms with Gasteiger partial charge in [-0.2, -0.15) is 0 Å². The largest absolute Gasteiger partial charge is 0.489 e. The predicted octanol–water partition coefficient (Wildman–Crippen LogP) is 4.64. The third-order valence-electron chi connectivity index (χ3n) is 4.35. The van der Waals surface area contributed by atoms with Crippen LogP contribution in [0.15, 0.2) is 53.4 Å². The molecule has 150 valence electrons. The molecule has 1 fully saturated rings. The summed E-state index contributed by atoms with van der Waals surface area (Å²) in [5, 5.41) is 8.74. The molecule has 0 spiro atoms. The minimum Gasteiger partial charge on any atom is -0.489 e. The molecule has 1 amide bonds. The van der Waals surface area contributed by atoms with E-state index in [0.29, 0.717) is 28.8 Å². The molecule has 1 aliphatic heterocycles. The first-order valence-corrected chi connectivity index (χ1v) is 10.4. The lowest BCUT2D eigenvalue weighted by molar-refractivity contribution is -0.137. The van der Waals surface area contributed by atoms with E-state index in [0.717, 1.165) is 16.9 Å². The molecular formula is C22H21NO4S2. The van der Waals surface area contributed by atoms with E-state index in [1.807, 2.05) is 43.3 Å². The van der Waals surface area contributed by atoms with Crippen LogP contribution in [0.5, 0.6) is 5.75 Å². The Morgan fingerprint density at radius 2 is 1.86 bits per heavy atom. The minimum absolute atomic E-state index is 0.0140. The molecule has 7 heteroatoms. The Hall–Kier alpha value is -2.64. The van der Waals surface area contributed by atoms with Gasteiger partial charge in [0.2, 0.25) is 0 Å². The van der Waals surface area contributed by atoms with Gasteiger partial charge in [0.15, 0.2) is 0 Å². The molecule has 0 bridgehead atoms. The first-order chi connectivity index (χ1) is 13.9. The number of rotatable bonds is 8. The molecule has 29 heavy (non-hydrogen) atoms. The van der Waals surface area contributed by atoms with Gasteiger partial charge in [-0.1, -0.05) is 65.9 Å². The maximum Gasteiger partial charge on any atom is 0.303 e. The van der Waals surface area contributed by atoms with Crippen LogP contribution in [0, 0.1) is 6.92 Å². The van der Waals surface area contributed by atoms with Crippen LogP contribution in [0.2, 0.25) is 0 Å². The number of amides is 1. The van der Waals surface area contributed by atoms with Gasteiger partial charge in [0.05, 0.1) is 4.91 Å². The summed E-state index contributed by atoms with van der Waals surface area (Å²) in [6.07, 6.45) is 2.18. The number of carbonyl (C=O) groups excluding carboxylic acids is 1. The van der Waals surface area contributed by atoms with Gasteiger partial charge in [0.1, 0.15) is 16.7 Å². The normalized spacial score (nSPS) is 15.2. The quantitative estimate of drug-likeness (QED) is 0.489. The van der Waals surface area contributed by atoms with Gasteiger partial charge < -0.3 is 9.84 Å². The van der Waals surface area contributed by atoms with Crippen molar-refractivity contribution in [3.05, 3.63) is 70.1 Å². The van der Waals surface area contributed by atoms with E-state index in [1.165, 1.54) is 22.2 Å². The zero-order chi connectivity index (χ0) is 20.8. The van der Waals surface area contributed by atoms with Gasteiger partial charge in [-0.3, -0.25) is 14.5 Å². The molecule has 0 radical (unpaired) electrons. The summed E-state index contributed by atoms with van der Waals surface area (Å²) in [6, 6.07) is 15.7. The van der Waals surface area contributed by atoms with Crippen LogP contribution in [-0.4, -0.2) is 32.7 Å². The highest BCUT2D eigenvalue weighted by molar-refractivity contribution is 8.26. The SMILES string of the molecule is Cc1ccc(COc2ccc(/C=C3\SC(=S)N(CCCC(=O)O)C3=O)cc2)cc1. The third-order valence-corrected chi connectivity index (χ3v) is 5.73. The first kappa shape index (κ1) is 21.1. The number of aliphatic carboxylic acids is 1. The van der Waals surface area contributed by atoms with Gasteiger partial charge in [0, 0.05) is 13.0 Å². The van der Waals surface area contributed by atoms with E-state index in [4.69, 9.17) is 22.1 Å². The number of nitrogens with zero attached hydrogens (tertiary/aromatic N) is 1. The summed E-state index contributed by atoms with van der Waals surface area (Å²) in [5.41, 5.74) is 3.19. The molecule has 1 saturated heterocycles. The Bertz CT molecular complexity index is 936. The van der Waals surface area contributed by atoms with Crippen LogP contribution in [0.3, 0.4) is 0 Å². The standard InChI is InChI=1S/C22H21NO4S2/c1-15-4-6-17(7-5-15)14-27-18-10-8-16(9-11-18)13-19-21(26)23(22(28)29-19)12-2-3-20(24)25/h4-11,13H,2-3,12,14H2,1H3,(H,24,25)/b19-13-. The number of aryl methyl sites for hydroxylation is 1. The summed E-state index contributed by atoms with van der Waals surface area (Å²) in [4.78, 5) is 25.2. The fourth-order valence-corrected chi connectivity index (χ4v) is 4.05. The molecular weight excluding hydrogens is 406 g/mol. The number of hydrogen-bond donors (Lipinski definition) is 1. The molecule has 0 saturated carbocycles. The second kappa shape index (κ2) is 9.71. The fourth-order valence-electron chi connectivity index (χ4n) is 2.74. The number of thioether (sulfide) groups is 1. The van der Waals surface area contributed by atoms with Gasteiger partial charge in [0.25, 0.3) is 5.91 Å². The number of hydrogen-bond acceptors (Lipinski definition) is 5. The van der Waals surface area contributed by atoms with Crippen molar-refractivity contribution in [1.82, 2.24) is 4.90 Å². The number of thiocarbonyl (C=S) groups is 1. The highest BCUT2D eigenvalue weighted by Gasteiger charge is 2.31. The lowest BCUT2D eigenvalue weighted by Crippen LogP contribution is -2.29. The van der Waals surface area contributed by atoms with Crippen LogP contribution in [0.1, 0.15) is 29.5 Å². The summed E-state index contributed by atoms with van der Waals surface area (Å²) in [6.45, 7) is 2.86. The average molecular weight is 428 g/mol. The maximum absolute atomic E-state index is 12.5. The molecule has 0 unspecified atom stereocenters. The van der Waals surface area contributed by atoms with Crippen LogP contribution >= 0.6 is 24.0 Å². The van der Waals surface area contributed by atoms with Crippen molar-refractivity contribution < 1.29 is 19.4 Å². The number of benzene rings is 2. The van der Waals surface area contributed by atoms with E-state index in [1.54, 1.807) is 6.08 Å². The smallest absolute Gasteiger partial charge is 0.303 e. The third kappa shape index (κ3) is 5.92. The first-order valence-electron chi connectivity index (χ1n) is 9.18. The van der Waals surface area contributed by atoms with E-state index in [2.05, 4.69) is 12.1 Å². The zero-order valence-electron chi connectivity index (χ0n) is 16.0. The highest BCUT2D eigenvalue weighted by atomic mass is 32.2. The van der Waals surface area contributed by atoms with Gasteiger partial charge in [-0.15, -0.1) is 0 Å². The Kier molecular flexibility index (Phi) is 7.06. The lowest BCUT2D eigenvalue weighted by Gasteiger charge is -2.13. The molecule has 0 atom stereocenters. The van der Waals surface area contributed by atoms with E-state index >= 15 is 0 Å². The second-order valence-electron chi connectivity index (χ2n) is 6.67. The van der Waals surface area contributed by atoms with Crippen LogP contribution in [-0.2, 0) is 16.2 Å². The van der Waals surface area contributed by atoms with Crippen molar-refractivity contribution in [2.45, 2.75) is 26.4 Å². The van der Waals surface area contributed by atoms with Crippen molar-refractivity contribution in [3.8, 4) is 5.75 Å². The van der Waals surface area contributed by atoms with Crippen LogP contribution in [0.25, 0.3) is 6.08 Å². The average Bonchev–Trinajstić information content (AvgIpc) is 2.96. The van der Waals surface area contributed by atoms with E-state index in [-0.39, 0.29) is 12.3 Å². The van der Waals surface area contributed by atoms with Crippen LogP contribution in [0.4, 0.5) is 0 Å². The molecule has 0 aromatic heterocycles. The van der Waals surface area contributed by atoms with E-state index < -0.39 is 5.97 Å². The number of ether oxygens (including phenoxy) is 1. The van der Waals surface area contributed by atoms with Crippen molar-refractivity contribution in [2.24, 2.45) is 0 Å². The number of carboxylic acids is 1. The van der Waals surface area contributed by atoms with Crippen molar-refractivity contribution >= 4 is 46.3 Å². The summed E-state index contributed by atoms with van der Waals surface area (Å²) < 4.78 is 6.27. The van der Waals surface area contributed by atoms with Crippen LogP contribution < -0.4 is 4.74 Å². The van der Waals surface area contributed by atoms with Gasteiger partial charge in [-0.25, -0.2) is 0 Å². The zero-order valence-corrected chi connectivity index (χ0v) is 17.6. The Morgan fingerprint density at radius 1 is 1.17 bits per heavy atom. The monoisotopic (exact) mass is 427 g/mol. The second-order valence-corrected chi connectivity index (χ2v) is 8.35. The maximum atomic E-state index is 12.5. The molecule has 5 nitrogen and oxygen atoms in total. The molecule has 0 aliphatic carbocycles. The van der Waals surface area contributed by atoms with Gasteiger partial charge >= 0.3 is 5.97 Å². The summed E-state index contributed by atoms with van der Waals surface area (Å²) >= 11 is 6.50. The molecule has 2 aromatic rings.